The van der Waals surface area contributed by atoms with E-state index < -0.39 is 17.3 Å². The topological polar surface area (TPSA) is 43.4 Å². The highest BCUT2D eigenvalue weighted by Crippen LogP contribution is 2.44. The Kier molecular flexibility index (Phi) is 2.84. The van der Waals surface area contributed by atoms with E-state index in [-0.39, 0.29) is 0 Å². The van der Waals surface area contributed by atoms with E-state index in [0.29, 0.717) is 0 Å². The maximum absolute atomic E-state index is 11.4. The molecule has 0 aromatic heterocycles. The van der Waals surface area contributed by atoms with Crippen molar-refractivity contribution < 1.29 is 14.3 Å². The Hall–Kier alpha value is -2.13. The fourth-order valence-corrected chi connectivity index (χ4v) is 2.43. The SMILES string of the molecule is O=C(Cl)C(=O)OC1c2ccccc2-c2ccccc21. The average molecular weight is 273 g/mol. The molecule has 0 bridgehead atoms. The number of hydrogen-bond donors (Lipinski definition) is 0. The number of rotatable bonds is 2. The third-order valence-corrected chi connectivity index (χ3v) is 3.32. The maximum Gasteiger partial charge on any atom is 0.392 e. The summed E-state index contributed by atoms with van der Waals surface area (Å²) in [6.45, 7) is 0. The van der Waals surface area contributed by atoms with Gasteiger partial charge in [-0.15, -0.1) is 0 Å². The van der Waals surface area contributed by atoms with Crippen molar-refractivity contribution in [1.29, 1.82) is 0 Å². The molecular weight excluding hydrogens is 264 g/mol. The van der Waals surface area contributed by atoms with Crippen LogP contribution < -0.4 is 0 Å². The molecule has 0 heterocycles. The number of fused-ring (bicyclic) bond motifs is 3. The van der Waals surface area contributed by atoms with E-state index in [0.717, 1.165) is 22.3 Å². The standard InChI is InChI=1S/C15H9ClO3/c16-14(17)15(18)19-13-11-7-3-1-5-9(11)10-6-2-4-8-12(10)13/h1-8,13H. The van der Waals surface area contributed by atoms with Gasteiger partial charge in [0.25, 0.3) is 0 Å². The molecule has 2 aromatic rings. The van der Waals surface area contributed by atoms with Crippen LogP contribution in [0, 0.1) is 0 Å². The van der Waals surface area contributed by atoms with Gasteiger partial charge in [-0.2, -0.15) is 0 Å². The predicted molar refractivity (Wildman–Crippen MR) is 70.7 cm³/mol. The molecule has 1 aliphatic carbocycles. The van der Waals surface area contributed by atoms with E-state index in [1.807, 2.05) is 48.5 Å². The molecule has 0 spiro atoms. The van der Waals surface area contributed by atoms with Gasteiger partial charge in [-0.1, -0.05) is 48.5 Å². The first kappa shape index (κ1) is 11.9. The van der Waals surface area contributed by atoms with Gasteiger partial charge in [-0.25, -0.2) is 4.79 Å². The van der Waals surface area contributed by atoms with Crippen LogP contribution in [-0.4, -0.2) is 11.2 Å². The molecule has 3 rings (SSSR count). The number of carbonyl (C=O) groups excluding carboxylic acids is 2. The van der Waals surface area contributed by atoms with E-state index in [9.17, 15) is 9.59 Å². The molecule has 3 nitrogen and oxygen atoms in total. The smallest absolute Gasteiger partial charge is 0.392 e. The van der Waals surface area contributed by atoms with Crippen LogP contribution in [0.3, 0.4) is 0 Å². The fraction of sp³-hybridized carbons (Fsp3) is 0.0667. The maximum atomic E-state index is 11.4. The van der Waals surface area contributed by atoms with E-state index in [4.69, 9.17) is 16.3 Å². The summed E-state index contributed by atoms with van der Waals surface area (Å²) in [4.78, 5) is 22.3. The summed E-state index contributed by atoms with van der Waals surface area (Å²) in [5.41, 5.74) is 3.76. The Labute approximate surface area is 114 Å². The van der Waals surface area contributed by atoms with Crippen LogP contribution >= 0.6 is 11.6 Å². The predicted octanol–water partition coefficient (Wildman–Crippen LogP) is 3.07. The monoisotopic (exact) mass is 272 g/mol. The minimum absolute atomic E-state index is 0.567. The summed E-state index contributed by atoms with van der Waals surface area (Å²) in [6.07, 6.45) is -0.567. The first-order valence-corrected chi connectivity index (χ1v) is 6.15. The van der Waals surface area contributed by atoms with Gasteiger partial charge in [-0.05, 0) is 22.7 Å². The molecule has 0 atom stereocenters. The Balaban J connectivity index is 2.10. The molecule has 2 aromatic carbocycles. The molecule has 19 heavy (non-hydrogen) atoms. The number of esters is 1. The molecule has 1 aliphatic rings. The van der Waals surface area contributed by atoms with Crippen LogP contribution in [0.15, 0.2) is 48.5 Å². The Morgan fingerprint density at radius 2 is 1.37 bits per heavy atom. The van der Waals surface area contributed by atoms with Crippen LogP contribution in [0.25, 0.3) is 11.1 Å². The highest BCUT2D eigenvalue weighted by Gasteiger charge is 2.32. The molecule has 0 fully saturated rings. The largest absolute Gasteiger partial charge is 0.446 e. The quantitative estimate of drug-likeness (QED) is 0.479. The molecular formula is C15H9ClO3. The van der Waals surface area contributed by atoms with E-state index in [1.165, 1.54) is 0 Å². The lowest BCUT2D eigenvalue weighted by molar-refractivity contribution is -0.153. The van der Waals surface area contributed by atoms with Crippen LogP contribution in [0.2, 0.25) is 0 Å². The lowest BCUT2D eigenvalue weighted by Gasteiger charge is -2.13. The molecule has 0 saturated heterocycles. The highest BCUT2D eigenvalue weighted by molar-refractivity contribution is 6.80. The normalized spacial score (nSPS) is 12.7. The lowest BCUT2D eigenvalue weighted by atomic mass is 10.1. The first-order valence-electron chi connectivity index (χ1n) is 5.77. The number of halogens is 1. The minimum atomic E-state index is -1.11. The zero-order chi connectivity index (χ0) is 13.4. The molecule has 0 saturated carbocycles. The van der Waals surface area contributed by atoms with Crippen molar-refractivity contribution in [2.75, 3.05) is 0 Å². The van der Waals surface area contributed by atoms with Crippen molar-refractivity contribution >= 4 is 22.8 Å². The molecule has 94 valence electrons. The summed E-state index contributed by atoms with van der Waals surface area (Å²) in [5.74, 6) is -1.03. The number of carbonyl (C=O) groups is 2. The van der Waals surface area contributed by atoms with Gasteiger partial charge < -0.3 is 4.74 Å². The van der Waals surface area contributed by atoms with E-state index >= 15 is 0 Å². The van der Waals surface area contributed by atoms with Gasteiger partial charge in [-0.3, -0.25) is 4.79 Å². The molecule has 4 heteroatoms. The van der Waals surface area contributed by atoms with Crippen molar-refractivity contribution in [1.82, 2.24) is 0 Å². The van der Waals surface area contributed by atoms with Gasteiger partial charge in [0.2, 0.25) is 0 Å². The third kappa shape index (κ3) is 1.92. The number of ether oxygens (including phenoxy) is 1. The Bertz CT molecular complexity index is 633. The first-order chi connectivity index (χ1) is 9.18. The van der Waals surface area contributed by atoms with Gasteiger partial charge in [0.05, 0.1) is 0 Å². The third-order valence-electron chi connectivity index (χ3n) is 3.16. The lowest BCUT2D eigenvalue weighted by Crippen LogP contribution is -2.15. The second kappa shape index (κ2) is 4.52. The number of hydrogen-bond acceptors (Lipinski definition) is 3. The highest BCUT2D eigenvalue weighted by atomic mass is 35.5. The van der Waals surface area contributed by atoms with Crippen LogP contribution in [0.5, 0.6) is 0 Å². The van der Waals surface area contributed by atoms with Gasteiger partial charge in [0.15, 0.2) is 6.10 Å². The van der Waals surface area contributed by atoms with Crippen LogP contribution in [0.1, 0.15) is 17.2 Å². The zero-order valence-corrected chi connectivity index (χ0v) is 10.6. The molecule has 0 N–H and O–H groups in total. The molecule has 0 unspecified atom stereocenters. The van der Waals surface area contributed by atoms with E-state index in [1.54, 1.807) is 0 Å². The summed E-state index contributed by atoms with van der Waals surface area (Å²) in [7, 11) is 0. The van der Waals surface area contributed by atoms with Crippen molar-refractivity contribution in [2.45, 2.75) is 6.10 Å². The second-order valence-corrected chi connectivity index (χ2v) is 4.58. The second-order valence-electron chi connectivity index (χ2n) is 4.23. The van der Waals surface area contributed by atoms with Crippen LogP contribution in [-0.2, 0) is 14.3 Å². The molecule has 0 aliphatic heterocycles. The minimum Gasteiger partial charge on any atom is -0.446 e. The fourth-order valence-electron chi connectivity index (χ4n) is 2.39. The van der Waals surface area contributed by atoms with Crippen molar-refractivity contribution in [3.05, 3.63) is 59.7 Å². The molecule has 0 radical (unpaired) electrons. The zero-order valence-electron chi connectivity index (χ0n) is 9.80. The Morgan fingerprint density at radius 1 is 0.895 bits per heavy atom. The van der Waals surface area contributed by atoms with Gasteiger partial charge in [0.1, 0.15) is 0 Å². The van der Waals surface area contributed by atoms with E-state index in [2.05, 4.69) is 0 Å². The van der Waals surface area contributed by atoms with Crippen molar-refractivity contribution in [2.24, 2.45) is 0 Å². The average Bonchev–Trinajstić information content (AvgIpc) is 2.74. The Morgan fingerprint density at radius 3 is 1.84 bits per heavy atom. The summed E-state index contributed by atoms with van der Waals surface area (Å²) < 4.78 is 5.21. The van der Waals surface area contributed by atoms with Gasteiger partial charge in [0, 0.05) is 11.1 Å². The van der Waals surface area contributed by atoms with Gasteiger partial charge >= 0.3 is 11.2 Å². The summed E-state index contributed by atoms with van der Waals surface area (Å²) >= 11 is 5.15. The summed E-state index contributed by atoms with van der Waals surface area (Å²) in [6, 6.07) is 15.3. The van der Waals surface area contributed by atoms with Crippen molar-refractivity contribution in [3.8, 4) is 11.1 Å². The van der Waals surface area contributed by atoms with Crippen LogP contribution in [0.4, 0.5) is 0 Å². The van der Waals surface area contributed by atoms with Crippen molar-refractivity contribution in [3.63, 3.8) is 0 Å². The summed E-state index contributed by atoms with van der Waals surface area (Å²) in [5, 5.41) is -1.11. The number of benzene rings is 2. The molecule has 0 amide bonds.